The lowest BCUT2D eigenvalue weighted by Gasteiger charge is -2.55. The predicted octanol–water partition coefficient (Wildman–Crippen LogP) is -1.40. The highest BCUT2D eigenvalue weighted by atomic mass is 16.4. The average molecular weight is 460 g/mol. The predicted molar refractivity (Wildman–Crippen MR) is 112 cm³/mol. The molecule has 0 spiro atoms. The van der Waals surface area contributed by atoms with Crippen LogP contribution in [0.1, 0.15) is 18.1 Å². The van der Waals surface area contributed by atoms with Gasteiger partial charge in [-0.05, 0) is 32.6 Å². The molecule has 33 heavy (non-hydrogen) atoms. The monoisotopic (exact) mass is 460 g/mol. The highest BCUT2D eigenvalue weighted by Crippen LogP contribution is 2.57. The first-order valence-electron chi connectivity index (χ1n) is 10.1. The quantitative estimate of drug-likeness (QED) is 0.257. The van der Waals surface area contributed by atoms with E-state index in [0.717, 1.165) is 0 Å². The SMILES string of the molecule is CN(C)[C@H]1C(=O)C(C(N)=O)=C(O)[C@]2(O)C(=O)C3=C(O)c4c(O)cccc4[C@](C)(O)[C@H]3[C@@H](O)[C@H]12. The first kappa shape index (κ1) is 22.9. The van der Waals surface area contributed by atoms with Crippen molar-refractivity contribution in [3.8, 4) is 5.75 Å². The van der Waals surface area contributed by atoms with E-state index in [1.807, 2.05) is 0 Å². The van der Waals surface area contributed by atoms with E-state index in [-0.39, 0.29) is 11.1 Å². The summed E-state index contributed by atoms with van der Waals surface area (Å²) in [5.41, 5.74) is -1.78. The van der Waals surface area contributed by atoms with Gasteiger partial charge in [0.1, 0.15) is 22.8 Å². The van der Waals surface area contributed by atoms with E-state index in [1.165, 1.54) is 44.1 Å². The van der Waals surface area contributed by atoms with Crippen molar-refractivity contribution in [2.45, 2.75) is 30.3 Å². The molecule has 0 radical (unpaired) electrons. The third kappa shape index (κ3) is 2.61. The molecule has 6 atom stereocenters. The Balaban J connectivity index is 2.11. The third-order valence-corrected chi connectivity index (χ3v) is 7.03. The molecule has 11 heteroatoms. The first-order valence-corrected chi connectivity index (χ1v) is 10.1. The Morgan fingerprint density at radius 1 is 1.12 bits per heavy atom. The molecule has 176 valence electrons. The number of Topliss-reactive ketones (excluding diaryl/α,β-unsaturated/α-hetero) is 2. The Labute approximate surface area is 187 Å². The van der Waals surface area contributed by atoms with E-state index >= 15 is 0 Å². The molecular formula is C22H24N2O9. The molecule has 1 saturated carbocycles. The Hall–Kier alpha value is -3.25. The number of carbonyl (C=O) groups is 3. The van der Waals surface area contributed by atoms with Crippen molar-refractivity contribution in [3.63, 3.8) is 0 Å². The van der Waals surface area contributed by atoms with Crippen molar-refractivity contribution >= 4 is 23.2 Å². The van der Waals surface area contributed by atoms with Crippen LogP contribution < -0.4 is 5.73 Å². The second-order valence-electron chi connectivity index (χ2n) is 9.06. The largest absolute Gasteiger partial charge is 0.508 e. The number of aliphatic hydroxyl groups excluding tert-OH is 3. The fraction of sp³-hybridized carbons (Fsp3) is 0.409. The zero-order valence-corrected chi connectivity index (χ0v) is 18.0. The van der Waals surface area contributed by atoms with Crippen LogP contribution in [0.5, 0.6) is 5.75 Å². The van der Waals surface area contributed by atoms with Gasteiger partial charge in [0, 0.05) is 0 Å². The maximum atomic E-state index is 13.7. The van der Waals surface area contributed by atoms with Crippen LogP contribution in [0, 0.1) is 11.8 Å². The van der Waals surface area contributed by atoms with E-state index in [4.69, 9.17) is 5.73 Å². The van der Waals surface area contributed by atoms with E-state index < -0.39 is 81.1 Å². The molecule has 0 heterocycles. The minimum Gasteiger partial charge on any atom is -0.508 e. The lowest BCUT2D eigenvalue weighted by Crippen LogP contribution is -2.71. The van der Waals surface area contributed by atoms with Crippen LogP contribution in [-0.4, -0.2) is 84.9 Å². The van der Waals surface area contributed by atoms with E-state index in [9.17, 15) is 45.0 Å². The van der Waals surface area contributed by atoms with Gasteiger partial charge in [-0.15, -0.1) is 0 Å². The lowest BCUT2D eigenvalue weighted by molar-refractivity contribution is -0.181. The smallest absolute Gasteiger partial charge is 0.255 e. The maximum absolute atomic E-state index is 13.7. The van der Waals surface area contributed by atoms with Crippen molar-refractivity contribution in [1.82, 2.24) is 4.90 Å². The van der Waals surface area contributed by atoms with Gasteiger partial charge in [-0.1, -0.05) is 12.1 Å². The van der Waals surface area contributed by atoms with Crippen molar-refractivity contribution in [1.29, 1.82) is 0 Å². The number of ketones is 2. The summed E-state index contributed by atoms with van der Waals surface area (Å²) in [6, 6.07) is 2.50. The molecule has 4 rings (SSSR count). The number of phenols is 1. The molecular weight excluding hydrogens is 436 g/mol. The van der Waals surface area contributed by atoms with Gasteiger partial charge in [0.05, 0.1) is 40.7 Å². The van der Waals surface area contributed by atoms with E-state index in [0.29, 0.717) is 0 Å². The number of rotatable bonds is 2. The van der Waals surface area contributed by atoms with E-state index in [1.54, 1.807) is 0 Å². The highest BCUT2D eigenvalue weighted by Gasteiger charge is 2.70. The van der Waals surface area contributed by atoms with Crippen LogP contribution in [0.25, 0.3) is 5.76 Å². The summed E-state index contributed by atoms with van der Waals surface area (Å²) in [5, 5.41) is 66.3. The van der Waals surface area contributed by atoms with Crippen molar-refractivity contribution < 1.29 is 45.0 Å². The van der Waals surface area contributed by atoms with Gasteiger partial charge in [0.2, 0.25) is 5.78 Å². The zero-order chi connectivity index (χ0) is 24.8. The number of aromatic hydroxyl groups is 1. The summed E-state index contributed by atoms with van der Waals surface area (Å²) in [6.45, 7) is 1.25. The molecule has 0 bridgehead atoms. The average Bonchev–Trinajstić information content (AvgIpc) is 2.70. The number of likely N-dealkylation sites (N-methyl/N-ethyl adjacent to an activating group) is 1. The molecule has 3 aliphatic rings. The summed E-state index contributed by atoms with van der Waals surface area (Å²) in [7, 11) is 2.80. The van der Waals surface area contributed by atoms with Crippen LogP contribution >= 0.6 is 0 Å². The molecule has 0 saturated heterocycles. The molecule has 0 aliphatic heterocycles. The summed E-state index contributed by atoms with van der Waals surface area (Å²) in [4.78, 5) is 39.9. The van der Waals surface area contributed by atoms with Crippen LogP contribution in [0.3, 0.4) is 0 Å². The fourth-order valence-electron chi connectivity index (χ4n) is 5.60. The molecule has 8 N–H and O–H groups in total. The number of aliphatic hydroxyl groups is 5. The summed E-state index contributed by atoms with van der Waals surface area (Å²) in [6.07, 6.45) is -1.87. The van der Waals surface area contributed by atoms with Gasteiger partial charge in [0.25, 0.3) is 5.91 Å². The van der Waals surface area contributed by atoms with Crippen LogP contribution in [0.4, 0.5) is 0 Å². The number of phenolic OH excluding ortho intramolecular Hbond substituents is 1. The van der Waals surface area contributed by atoms with Gasteiger partial charge in [-0.3, -0.25) is 19.3 Å². The second kappa shape index (κ2) is 6.87. The number of hydrogen-bond acceptors (Lipinski definition) is 10. The van der Waals surface area contributed by atoms with Crippen LogP contribution in [-0.2, 0) is 20.0 Å². The van der Waals surface area contributed by atoms with Crippen LogP contribution in [0.2, 0.25) is 0 Å². The van der Waals surface area contributed by atoms with Crippen LogP contribution in [0.15, 0.2) is 35.1 Å². The van der Waals surface area contributed by atoms with Gasteiger partial charge >= 0.3 is 0 Å². The minimum absolute atomic E-state index is 0.00664. The number of nitrogens with two attached hydrogens (primary N) is 1. The summed E-state index contributed by atoms with van der Waals surface area (Å²) in [5.74, 6) is -9.67. The number of carbonyl (C=O) groups excluding carboxylic acids is 3. The van der Waals surface area contributed by atoms with Crippen molar-refractivity contribution in [2.24, 2.45) is 17.6 Å². The third-order valence-electron chi connectivity index (χ3n) is 7.03. The van der Waals surface area contributed by atoms with Crippen molar-refractivity contribution in [3.05, 3.63) is 46.2 Å². The minimum atomic E-state index is -3.02. The summed E-state index contributed by atoms with van der Waals surface area (Å²) < 4.78 is 0. The summed E-state index contributed by atoms with van der Waals surface area (Å²) >= 11 is 0. The zero-order valence-electron chi connectivity index (χ0n) is 18.0. The molecule has 1 aromatic rings. The topological polar surface area (TPSA) is 202 Å². The Bertz CT molecular complexity index is 1180. The second-order valence-corrected chi connectivity index (χ2v) is 9.06. The Morgan fingerprint density at radius 2 is 1.73 bits per heavy atom. The molecule has 3 aliphatic carbocycles. The number of amides is 1. The number of fused-ring (bicyclic) bond motifs is 3. The normalized spacial score (nSPS) is 36.0. The molecule has 0 aromatic heterocycles. The standard InChI is InChI=1S/C22H24N2O9/c1-21(32)7-5-4-6-8(25)9(7)15(26)10-12(21)17(28)13-14(24(2)3)16(27)11(20(23)31)19(30)22(13,33)18(10)29/h4-6,12-14,17,25-26,28,30,32-33H,1-3H3,(H2,23,31)/t12-,13+,14-,17-,21+,22-/m1/s1. The van der Waals surface area contributed by atoms with E-state index in [2.05, 4.69) is 0 Å². The molecule has 1 aromatic carbocycles. The van der Waals surface area contributed by atoms with Gasteiger partial charge < -0.3 is 36.4 Å². The molecule has 0 unspecified atom stereocenters. The lowest BCUT2D eigenvalue weighted by atomic mass is 9.53. The molecule has 11 nitrogen and oxygen atoms in total. The Kier molecular flexibility index (Phi) is 4.78. The maximum Gasteiger partial charge on any atom is 0.255 e. The molecule has 1 amide bonds. The van der Waals surface area contributed by atoms with Gasteiger partial charge in [-0.25, -0.2) is 0 Å². The molecule has 1 fully saturated rings. The van der Waals surface area contributed by atoms with Gasteiger partial charge in [-0.2, -0.15) is 0 Å². The number of nitrogens with zero attached hydrogens (tertiary/aromatic N) is 1. The number of primary amides is 1. The first-order chi connectivity index (χ1) is 15.2. The van der Waals surface area contributed by atoms with Gasteiger partial charge in [0.15, 0.2) is 11.4 Å². The Morgan fingerprint density at radius 3 is 2.27 bits per heavy atom. The fourth-order valence-corrected chi connectivity index (χ4v) is 5.60. The van der Waals surface area contributed by atoms with Crippen molar-refractivity contribution in [2.75, 3.05) is 14.1 Å². The number of benzene rings is 1. The number of hydrogen-bond donors (Lipinski definition) is 7. The highest BCUT2D eigenvalue weighted by molar-refractivity contribution is 6.24.